The van der Waals surface area contributed by atoms with Crippen LogP contribution in [0.2, 0.25) is 0 Å². The summed E-state index contributed by atoms with van der Waals surface area (Å²) in [7, 11) is 1.49. The first kappa shape index (κ1) is 23.7. The number of amides is 1. The molecule has 0 bridgehead atoms. The van der Waals surface area contributed by atoms with E-state index in [1.54, 1.807) is 42.5 Å². The van der Waals surface area contributed by atoms with Crippen molar-refractivity contribution in [1.82, 2.24) is 5.43 Å². The number of carbonyl (C=O) groups is 2. The van der Waals surface area contributed by atoms with Crippen molar-refractivity contribution in [2.24, 2.45) is 5.10 Å². The van der Waals surface area contributed by atoms with Gasteiger partial charge in [0.25, 0.3) is 5.91 Å². The van der Waals surface area contributed by atoms with Crippen LogP contribution in [0, 0.1) is 6.92 Å². The summed E-state index contributed by atoms with van der Waals surface area (Å²) < 4.78 is 10.8. The van der Waals surface area contributed by atoms with Gasteiger partial charge in [0.2, 0.25) is 0 Å². The number of benzene rings is 3. The molecular formula is C27H28N2O4. The second kappa shape index (κ2) is 10.1. The van der Waals surface area contributed by atoms with Gasteiger partial charge in [-0.3, -0.25) is 4.79 Å². The highest BCUT2D eigenvalue weighted by Gasteiger charge is 2.15. The fourth-order valence-corrected chi connectivity index (χ4v) is 3.05. The Balaban J connectivity index is 1.64. The fraction of sp³-hybridized carbons (Fsp3) is 0.222. The van der Waals surface area contributed by atoms with Gasteiger partial charge >= 0.3 is 5.97 Å². The summed E-state index contributed by atoms with van der Waals surface area (Å²) in [4.78, 5) is 24.7. The molecule has 0 atom stereocenters. The van der Waals surface area contributed by atoms with E-state index in [1.807, 2.05) is 31.2 Å². The largest absolute Gasteiger partial charge is 0.493 e. The monoisotopic (exact) mass is 444 g/mol. The van der Waals surface area contributed by atoms with E-state index >= 15 is 0 Å². The van der Waals surface area contributed by atoms with Gasteiger partial charge in [0.05, 0.1) is 18.9 Å². The number of rotatable bonds is 6. The minimum absolute atomic E-state index is 0.0207. The fourth-order valence-electron chi connectivity index (χ4n) is 3.05. The summed E-state index contributed by atoms with van der Waals surface area (Å²) in [6.45, 7) is 8.31. The standard InChI is InChI=1S/C27H28N2O4/c1-18-6-9-21(10-7-18)26(31)33-23-15-8-19(16-24(23)32-5)17-28-29-25(30)20-11-13-22(14-12-20)27(2,3)4/h6-17H,1-5H3,(H,29,30)/b28-17+. The molecule has 0 saturated heterocycles. The van der Waals surface area contributed by atoms with Gasteiger partial charge in [-0.2, -0.15) is 5.10 Å². The number of carbonyl (C=O) groups excluding carboxylic acids is 2. The molecule has 0 saturated carbocycles. The maximum Gasteiger partial charge on any atom is 0.343 e. The lowest BCUT2D eigenvalue weighted by Crippen LogP contribution is -2.18. The zero-order chi connectivity index (χ0) is 24.0. The maximum absolute atomic E-state index is 12.4. The van der Waals surface area contributed by atoms with Crippen LogP contribution < -0.4 is 14.9 Å². The van der Waals surface area contributed by atoms with Crippen molar-refractivity contribution in [3.8, 4) is 11.5 Å². The summed E-state index contributed by atoms with van der Waals surface area (Å²) in [5.74, 6) is -0.103. The highest BCUT2D eigenvalue weighted by atomic mass is 16.6. The van der Waals surface area contributed by atoms with Gasteiger partial charge in [-0.25, -0.2) is 10.2 Å². The molecule has 6 heteroatoms. The Morgan fingerprint density at radius 1 is 0.879 bits per heavy atom. The second-order valence-corrected chi connectivity index (χ2v) is 8.69. The lowest BCUT2D eigenvalue weighted by molar-refractivity contribution is 0.0729. The molecule has 0 radical (unpaired) electrons. The van der Waals surface area contributed by atoms with Crippen molar-refractivity contribution in [2.75, 3.05) is 7.11 Å². The molecule has 0 heterocycles. The Morgan fingerprint density at radius 3 is 2.12 bits per heavy atom. The molecule has 0 aromatic heterocycles. The molecule has 6 nitrogen and oxygen atoms in total. The van der Waals surface area contributed by atoms with E-state index < -0.39 is 5.97 Å². The topological polar surface area (TPSA) is 77.0 Å². The summed E-state index contributed by atoms with van der Waals surface area (Å²) in [5.41, 5.74) is 6.40. The molecule has 1 amide bonds. The van der Waals surface area contributed by atoms with Gasteiger partial charge in [0, 0.05) is 5.56 Å². The van der Waals surface area contributed by atoms with Gasteiger partial charge in [0.15, 0.2) is 11.5 Å². The van der Waals surface area contributed by atoms with Crippen LogP contribution in [0.25, 0.3) is 0 Å². The number of hydrazone groups is 1. The van der Waals surface area contributed by atoms with E-state index in [0.717, 1.165) is 11.1 Å². The zero-order valence-corrected chi connectivity index (χ0v) is 19.5. The minimum Gasteiger partial charge on any atom is -0.493 e. The first-order valence-electron chi connectivity index (χ1n) is 10.6. The molecular weight excluding hydrogens is 416 g/mol. The first-order valence-corrected chi connectivity index (χ1v) is 10.6. The molecule has 1 N–H and O–H groups in total. The molecule has 0 aliphatic rings. The minimum atomic E-state index is -0.473. The van der Waals surface area contributed by atoms with Crippen LogP contribution in [-0.2, 0) is 5.41 Å². The van der Waals surface area contributed by atoms with E-state index in [1.165, 1.54) is 13.3 Å². The normalized spacial score (nSPS) is 11.3. The van der Waals surface area contributed by atoms with Gasteiger partial charge in [-0.1, -0.05) is 50.6 Å². The van der Waals surface area contributed by atoms with Crippen molar-refractivity contribution in [3.63, 3.8) is 0 Å². The zero-order valence-electron chi connectivity index (χ0n) is 19.5. The average molecular weight is 445 g/mol. The molecule has 0 aliphatic heterocycles. The third kappa shape index (κ3) is 6.29. The Kier molecular flexibility index (Phi) is 7.28. The van der Waals surface area contributed by atoms with Gasteiger partial charge < -0.3 is 9.47 Å². The molecule has 0 aliphatic carbocycles. The third-order valence-corrected chi connectivity index (χ3v) is 5.07. The highest BCUT2D eigenvalue weighted by Crippen LogP contribution is 2.28. The van der Waals surface area contributed by atoms with Crippen LogP contribution in [0.1, 0.15) is 58.2 Å². The number of methoxy groups -OCH3 is 1. The van der Waals surface area contributed by atoms with Crippen molar-refractivity contribution in [3.05, 3.63) is 94.5 Å². The van der Waals surface area contributed by atoms with Crippen molar-refractivity contribution >= 4 is 18.1 Å². The van der Waals surface area contributed by atoms with Crippen molar-refractivity contribution < 1.29 is 19.1 Å². The predicted molar refractivity (Wildman–Crippen MR) is 129 cm³/mol. The number of ether oxygens (including phenoxy) is 2. The summed E-state index contributed by atoms with van der Waals surface area (Å²) in [5, 5.41) is 4.02. The molecule has 170 valence electrons. The highest BCUT2D eigenvalue weighted by molar-refractivity contribution is 5.95. The van der Waals surface area contributed by atoms with E-state index in [-0.39, 0.29) is 11.3 Å². The summed E-state index contributed by atoms with van der Waals surface area (Å²) >= 11 is 0. The average Bonchev–Trinajstić information content (AvgIpc) is 2.79. The first-order chi connectivity index (χ1) is 15.7. The molecule has 0 fully saturated rings. The quantitative estimate of drug-likeness (QED) is 0.243. The third-order valence-electron chi connectivity index (χ3n) is 5.07. The Hall–Kier alpha value is -3.93. The summed E-state index contributed by atoms with van der Waals surface area (Å²) in [6.07, 6.45) is 1.50. The van der Waals surface area contributed by atoms with E-state index in [9.17, 15) is 9.59 Å². The second-order valence-electron chi connectivity index (χ2n) is 8.69. The van der Waals surface area contributed by atoms with Crippen LogP contribution in [-0.4, -0.2) is 25.2 Å². The van der Waals surface area contributed by atoms with Crippen LogP contribution >= 0.6 is 0 Å². The predicted octanol–water partition coefficient (Wildman–Crippen LogP) is 5.28. The van der Waals surface area contributed by atoms with Crippen LogP contribution in [0.4, 0.5) is 0 Å². The Labute approximate surface area is 194 Å². The van der Waals surface area contributed by atoms with Gasteiger partial charge in [-0.05, 0) is 65.9 Å². The number of aryl methyl sites for hydroxylation is 1. The van der Waals surface area contributed by atoms with Crippen LogP contribution in [0.5, 0.6) is 11.5 Å². The van der Waals surface area contributed by atoms with Crippen molar-refractivity contribution in [1.29, 1.82) is 0 Å². The van der Waals surface area contributed by atoms with Crippen molar-refractivity contribution in [2.45, 2.75) is 33.1 Å². The molecule has 3 aromatic carbocycles. The molecule has 3 aromatic rings. The van der Waals surface area contributed by atoms with Crippen LogP contribution in [0.15, 0.2) is 71.8 Å². The molecule has 0 unspecified atom stereocenters. The van der Waals surface area contributed by atoms with E-state index in [4.69, 9.17) is 9.47 Å². The number of esters is 1. The van der Waals surface area contributed by atoms with Crippen LogP contribution in [0.3, 0.4) is 0 Å². The molecule has 3 rings (SSSR count). The molecule has 0 spiro atoms. The Bertz CT molecular complexity index is 1160. The SMILES string of the molecule is COc1cc(/C=N/NC(=O)c2ccc(C(C)(C)C)cc2)ccc1OC(=O)c1ccc(C)cc1. The van der Waals surface area contributed by atoms with E-state index in [0.29, 0.717) is 28.2 Å². The lowest BCUT2D eigenvalue weighted by atomic mass is 9.87. The van der Waals surface area contributed by atoms with Gasteiger partial charge in [-0.15, -0.1) is 0 Å². The summed E-state index contributed by atoms with van der Waals surface area (Å²) in [6, 6.07) is 19.6. The maximum atomic E-state index is 12.4. The Morgan fingerprint density at radius 2 is 1.52 bits per heavy atom. The number of hydrogen-bond acceptors (Lipinski definition) is 5. The number of nitrogens with one attached hydrogen (secondary N) is 1. The molecule has 33 heavy (non-hydrogen) atoms. The van der Waals surface area contributed by atoms with Gasteiger partial charge in [0.1, 0.15) is 0 Å². The van der Waals surface area contributed by atoms with E-state index in [2.05, 4.69) is 31.3 Å². The lowest BCUT2D eigenvalue weighted by Gasteiger charge is -2.18. The number of hydrogen-bond donors (Lipinski definition) is 1. The smallest absolute Gasteiger partial charge is 0.343 e. The number of nitrogens with zero attached hydrogens (tertiary/aromatic N) is 1.